The van der Waals surface area contributed by atoms with Gasteiger partial charge in [-0.1, -0.05) is 52.4 Å². The van der Waals surface area contributed by atoms with E-state index in [9.17, 15) is 23.7 Å². The smallest absolute Gasteiger partial charge is 0.413 e. The predicted octanol–water partition coefficient (Wildman–Crippen LogP) is 7.38. The number of ether oxygens (including phenoxy) is 7. The molecule has 3 N–H and O–H groups in total. The van der Waals surface area contributed by atoms with E-state index >= 15 is 0 Å². The minimum atomic E-state index is -3.91. The molecule has 0 aliphatic carbocycles. The second kappa shape index (κ2) is 23.0. The number of aromatic nitrogens is 4. The number of rotatable bonds is 27. The van der Waals surface area contributed by atoms with Gasteiger partial charge in [0.1, 0.15) is 35.1 Å². The van der Waals surface area contributed by atoms with E-state index in [0.717, 1.165) is 38.5 Å². The Kier molecular flexibility index (Phi) is 19.2. The van der Waals surface area contributed by atoms with E-state index in [1.54, 1.807) is 60.0 Å². The monoisotopic (exact) mass is 879 g/mol. The number of anilines is 1. The van der Waals surface area contributed by atoms with E-state index < -0.39 is 60.6 Å². The molecular weight excluding hydrogens is 813 g/mol. The number of nitrogens with one attached hydrogen (secondary N) is 3. The average molecular weight is 880 g/mol. The molecule has 3 heterocycles. The number of nitrogens with zero attached hydrogens (tertiary/aromatic N) is 4. The molecule has 0 radical (unpaired) electrons. The third kappa shape index (κ3) is 16.7. The summed E-state index contributed by atoms with van der Waals surface area (Å²) in [7, 11) is -3.91. The molecule has 0 fully saturated rings. The predicted molar refractivity (Wildman–Crippen MR) is 227 cm³/mol. The Balaban J connectivity index is 1.67. The summed E-state index contributed by atoms with van der Waals surface area (Å²) in [5.74, 6) is -0.948. The van der Waals surface area contributed by atoms with Gasteiger partial charge in [0.15, 0.2) is 29.3 Å². The lowest BCUT2D eigenvalue weighted by atomic mass is 10.1. The van der Waals surface area contributed by atoms with Crippen molar-refractivity contribution < 1.29 is 56.9 Å². The van der Waals surface area contributed by atoms with Crippen LogP contribution in [0.15, 0.2) is 36.7 Å². The maximum absolute atomic E-state index is 14.7. The molecular formula is C41H66N7O12P. The fourth-order valence-corrected chi connectivity index (χ4v) is 8.68. The van der Waals surface area contributed by atoms with Crippen LogP contribution < -0.4 is 15.5 Å². The normalized spacial score (nSPS) is 14.0. The van der Waals surface area contributed by atoms with Crippen molar-refractivity contribution >= 4 is 48.4 Å². The van der Waals surface area contributed by atoms with E-state index in [1.807, 2.05) is 0 Å². The van der Waals surface area contributed by atoms with Gasteiger partial charge in [-0.25, -0.2) is 29.9 Å². The Morgan fingerprint density at radius 1 is 0.852 bits per heavy atom. The third-order valence-corrected chi connectivity index (χ3v) is 11.6. The number of imidazole rings is 1. The van der Waals surface area contributed by atoms with E-state index in [4.69, 9.17) is 33.2 Å². The van der Waals surface area contributed by atoms with Gasteiger partial charge < -0.3 is 37.7 Å². The van der Waals surface area contributed by atoms with Crippen molar-refractivity contribution in [1.82, 2.24) is 29.7 Å². The van der Waals surface area contributed by atoms with Crippen LogP contribution in [0.1, 0.15) is 127 Å². The maximum Gasteiger partial charge on any atom is 0.413 e. The Bertz CT molecular complexity index is 1870. The number of hydrogen-bond donors (Lipinski definition) is 3. The van der Waals surface area contributed by atoms with Crippen LogP contribution in [0.5, 0.6) is 0 Å². The van der Waals surface area contributed by atoms with Gasteiger partial charge in [0.05, 0.1) is 38.6 Å². The highest BCUT2D eigenvalue weighted by Gasteiger charge is 2.43. The first-order valence-corrected chi connectivity index (χ1v) is 22.7. The van der Waals surface area contributed by atoms with Crippen LogP contribution >= 0.6 is 7.44 Å². The summed E-state index contributed by atoms with van der Waals surface area (Å²) < 4.78 is 54.8. The molecule has 1 aliphatic rings. The van der Waals surface area contributed by atoms with E-state index in [0.29, 0.717) is 30.0 Å². The number of esters is 3. The van der Waals surface area contributed by atoms with Crippen molar-refractivity contribution in [2.45, 2.75) is 156 Å². The first-order valence-electron chi connectivity index (χ1n) is 20.8. The summed E-state index contributed by atoms with van der Waals surface area (Å²) in [5, 5.41) is 8.44. The molecule has 2 aromatic rings. The summed E-state index contributed by atoms with van der Waals surface area (Å²) in [6, 6.07) is 0. The van der Waals surface area contributed by atoms with Crippen LogP contribution in [0, 0.1) is 0 Å². The Labute approximate surface area is 358 Å². The van der Waals surface area contributed by atoms with E-state index in [2.05, 4.69) is 50.9 Å². The molecule has 3 rings (SSSR count). The molecule has 19 nitrogen and oxygen atoms in total. The van der Waals surface area contributed by atoms with Crippen molar-refractivity contribution in [3.63, 3.8) is 0 Å². The lowest BCUT2D eigenvalue weighted by Crippen LogP contribution is -2.54. The largest absolute Gasteiger partial charge is 0.464 e. The lowest BCUT2D eigenvalue weighted by Gasteiger charge is -2.35. The molecule has 0 saturated carbocycles. The molecule has 1 aliphatic heterocycles. The summed E-state index contributed by atoms with van der Waals surface area (Å²) >= 11 is 0. The highest BCUT2D eigenvalue weighted by Crippen LogP contribution is 2.42. The molecule has 0 saturated heterocycles. The van der Waals surface area contributed by atoms with Gasteiger partial charge >= 0.3 is 24.0 Å². The maximum atomic E-state index is 14.7. The van der Waals surface area contributed by atoms with Gasteiger partial charge in [-0.3, -0.25) is 24.3 Å². The molecule has 20 heteroatoms. The summed E-state index contributed by atoms with van der Waals surface area (Å²) in [5.41, 5.74) is -3.52. The number of hydrogen-bond acceptors (Lipinski definition) is 15. The van der Waals surface area contributed by atoms with Crippen molar-refractivity contribution in [3.8, 4) is 0 Å². The Morgan fingerprint density at radius 2 is 1.44 bits per heavy atom. The van der Waals surface area contributed by atoms with Crippen LogP contribution in [0.4, 0.5) is 10.6 Å². The van der Waals surface area contributed by atoms with Gasteiger partial charge in [-0.15, -0.1) is 0 Å². The quantitative estimate of drug-likeness (QED) is 0.0344. The van der Waals surface area contributed by atoms with Gasteiger partial charge in [0.2, 0.25) is 7.44 Å². The zero-order chi connectivity index (χ0) is 45.4. The van der Waals surface area contributed by atoms with Crippen molar-refractivity contribution in [1.29, 1.82) is 0 Å². The average Bonchev–Trinajstić information content (AvgIpc) is 3.72. The molecule has 0 spiro atoms. The second-order valence-corrected chi connectivity index (χ2v) is 18.9. The van der Waals surface area contributed by atoms with Crippen LogP contribution in [-0.4, -0.2) is 92.5 Å². The molecule has 1 atom stereocenters. The molecule has 2 aromatic heterocycles. The summed E-state index contributed by atoms with van der Waals surface area (Å²) in [4.78, 5) is 64.8. The van der Waals surface area contributed by atoms with Crippen LogP contribution in [0.3, 0.4) is 0 Å². The van der Waals surface area contributed by atoms with Crippen LogP contribution in [0.2, 0.25) is 0 Å². The zero-order valence-electron chi connectivity index (χ0n) is 37.5. The summed E-state index contributed by atoms with van der Waals surface area (Å²) in [6.07, 6.45) is 7.91. The number of unbranched alkanes of at least 4 members (excludes halogenated alkanes) is 6. The fraction of sp³-hybridized carbons (Fsp3) is 0.683. The number of fused-ring (bicyclic) bond motifs is 1. The van der Waals surface area contributed by atoms with Crippen molar-refractivity contribution in [2.75, 3.05) is 31.5 Å². The number of allylic oxidation sites excluding steroid dienone is 1. The van der Waals surface area contributed by atoms with E-state index in [-0.39, 0.29) is 50.1 Å². The topological polar surface area (TPSA) is 230 Å². The SMILES string of the molecule is C=C1OC(C)=C(COC(=O)CC(C)(C)OC(=O)Nc2ncnc3c2ncn3C[C@@H](C)OCP(=O)(NC(C)(C)C(=O)OCCCCCC)NC(C)(C)C(=O)OCCCCCC)O1. The molecule has 342 valence electrons. The zero-order valence-corrected chi connectivity index (χ0v) is 38.4. The first-order chi connectivity index (χ1) is 28.6. The van der Waals surface area contributed by atoms with Crippen LogP contribution in [-0.2, 0) is 58.7 Å². The number of carbonyl (C=O) groups excluding carboxylic acids is 4. The molecule has 61 heavy (non-hydrogen) atoms. The highest BCUT2D eigenvalue weighted by molar-refractivity contribution is 7.59. The third-order valence-electron chi connectivity index (χ3n) is 9.22. The van der Waals surface area contributed by atoms with Gasteiger partial charge in [0.25, 0.3) is 5.95 Å². The minimum absolute atomic E-state index is 0.0542. The van der Waals surface area contributed by atoms with Gasteiger partial charge in [-0.05, 0) is 74.8 Å². The van der Waals surface area contributed by atoms with Crippen molar-refractivity contribution in [2.24, 2.45) is 0 Å². The molecule has 1 amide bonds. The second-order valence-electron chi connectivity index (χ2n) is 16.7. The molecule has 0 bridgehead atoms. The standard InChI is InChI=1S/C41H66N7O12P/c1-12-14-16-18-20-54-36(50)40(8,9)46-61(53,47-41(10,11)37(51)55-21-19-17-15-13-2)27-57-28(3)23-48-26-44-33-34(42-25-43-35(33)48)45-38(52)60-39(6,7)22-32(49)56-24-31-29(4)58-30(5)59-31/h25-26,28H,5,12-24,27H2,1-4,6-11H3,(H2,46,47,53)(H,42,43,45,52)/t28-/m1/s1. The van der Waals surface area contributed by atoms with Gasteiger partial charge in [0, 0.05) is 0 Å². The Hall–Kier alpha value is -4.58. The molecule has 0 aromatic carbocycles. The Morgan fingerprint density at radius 3 is 1.98 bits per heavy atom. The van der Waals surface area contributed by atoms with E-state index in [1.165, 1.54) is 12.7 Å². The number of amides is 1. The summed E-state index contributed by atoms with van der Waals surface area (Å²) in [6.45, 7) is 20.9. The number of carbonyl (C=O) groups is 4. The minimum Gasteiger partial charge on any atom is -0.464 e. The molecule has 0 unspecified atom stereocenters. The van der Waals surface area contributed by atoms with Crippen LogP contribution in [0.25, 0.3) is 11.2 Å². The van der Waals surface area contributed by atoms with Gasteiger partial charge in [-0.2, -0.15) is 0 Å². The van der Waals surface area contributed by atoms with Crippen molar-refractivity contribution in [3.05, 3.63) is 36.7 Å². The first kappa shape index (κ1) is 50.8. The fourth-order valence-electron chi connectivity index (χ4n) is 6.05. The lowest BCUT2D eigenvalue weighted by molar-refractivity contribution is -0.150. The highest BCUT2D eigenvalue weighted by atomic mass is 31.2.